The van der Waals surface area contributed by atoms with Gasteiger partial charge < -0.3 is 14.9 Å². The summed E-state index contributed by atoms with van der Waals surface area (Å²) < 4.78 is 0. The van der Waals surface area contributed by atoms with Crippen molar-refractivity contribution in [3.05, 3.63) is 0 Å². The number of carboxylic acids is 1. The molecule has 0 saturated carbocycles. The molecule has 2 unspecified atom stereocenters. The lowest BCUT2D eigenvalue weighted by Gasteiger charge is -2.42. The van der Waals surface area contributed by atoms with Crippen molar-refractivity contribution in [3.63, 3.8) is 0 Å². The lowest BCUT2D eigenvalue weighted by atomic mass is 10.0. The number of piperazine rings is 1. The minimum atomic E-state index is -0.925. The van der Waals surface area contributed by atoms with Gasteiger partial charge in [0, 0.05) is 32.7 Å². The molecule has 0 bridgehead atoms. The Bertz CT molecular complexity index is 320. The van der Waals surface area contributed by atoms with Crippen molar-refractivity contribution in [2.75, 3.05) is 40.8 Å². The summed E-state index contributed by atoms with van der Waals surface area (Å²) in [5.41, 5.74) is 0. The lowest BCUT2D eigenvalue weighted by molar-refractivity contribution is -0.150. The number of amides is 1. The summed E-state index contributed by atoms with van der Waals surface area (Å²) in [5, 5.41) is 8.92. The molecule has 1 aliphatic rings. The van der Waals surface area contributed by atoms with E-state index in [9.17, 15) is 9.59 Å². The van der Waals surface area contributed by atoms with Crippen LogP contribution in [-0.4, -0.2) is 84.5 Å². The minimum Gasteiger partial charge on any atom is -0.481 e. The molecule has 1 heterocycles. The smallest absolute Gasteiger partial charge is 0.305 e. The zero-order valence-electron chi connectivity index (χ0n) is 11.6. The molecule has 0 spiro atoms. The average Bonchev–Trinajstić information content (AvgIpc) is 2.27. The van der Waals surface area contributed by atoms with Crippen molar-refractivity contribution < 1.29 is 14.7 Å². The number of nitrogens with zero attached hydrogens (tertiary/aromatic N) is 3. The molecule has 1 rings (SSSR count). The van der Waals surface area contributed by atoms with Crippen LogP contribution in [0.15, 0.2) is 0 Å². The molecular weight excluding hydrogens is 234 g/mol. The highest BCUT2D eigenvalue weighted by Crippen LogP contribution is 2.17. The Balaban J connectivity index is 2.75. The van der Waals surface area contributed by atoms with Crippen LogP contribution in [0.25, 0.3) is 0 Å². The van der Waals surface area contributed by atoms with Crippen molar-refractivity contribution in [1.29, 1.82) is 0 Å². The normalized spacial score (nSPS) is 25.8. The molecular formula is C12H23N3O3. The molecule has 1 N–H and O–H groups in total. The molecule has 104 valence electrons. The van der Waals surface area contributed by atoms with Crippen molar-refractivity contribution in [2.24, 2.45) is 0 Å². The van der Waals surface area contributed by atoms with E-state index in [0.717, 1.165) is 19.6 Å². The summed E-state index contributed by atoms with van der Waals surface area (Å²) in [6.07, 6.45) is -0.122. The zero-order chi connectivity index (χ0) is 13.9. The molecule has 0 aromatic carbocycles. The van der Waals surface area contributed by atoms with Crippen LogP contribution < -0.4 is 0 Å². The number of rotatable bonds is 5. The van der Waals surface area contributed by atoms with Gasteiger partial charge in [0.2, 0.25) is 5.91 Å². The number of carboxylic acid groups (broad SMARTS) is 1. The van der Waals surface area contributed by atoms with Crippen molar-refractivity contribution >= 4 is 11.9 Å². The summed E-state index contributed by atoms with van der Waals surface area (Å²) in [6.45, 7) is 4.25. The number of hydrogen-bond donors (Lipinski definition) is 1. The largest absolute Gasteiger partial charge is 0.481 e. The maximum absolute atomic E-state index is 12.1. The third-order valence-corrected chi connectivity index (χ3v) is 3.44. The topological polar surface area (TPSA) is 64.1 Å². The summed E-state index contributed by atoms with van der Waals surface area (Å²) >= 11 is 0. The van der Waals surface area contributed by atoms with E-state index >= 15 is 0 Å². The number of hydrogen-bond acceptors (Lipinski definition) is 4. The summed E-state index contributed by atoms with van der Waals surface area (Å²) in [5.74, 6) is -1.01. The summed E-state index contributed by atoms with van der Waals surface area (Å²) in [6, 6.07) is -0.395. The van der Waals surface area contributed by atoms with Gasteiger partial charge in [0.15, 0.2) is 0 Å². The minimum absolute atomic E-state index is 0.0880. The van der Waals surface area contributed by atoms with Gasteiger partial charge >= 0.3 is 5.97 Å². The molecule has 1 aliphatic heterocycles. The van der Waals surface area contributed by atoms with Crippen LogP contribution in [0.1, 0.15) is 13.3 Å². The Hall–Kier alpha value is -1.14. The van der Waals surface area contributed by atoms with Crippen LogP contribution >= 0.6 is 0 Å². The average molecular weight is 257 g/mol. The Morgan fingerprint density at radius 2 is 2.11 bits per heavy atom. The van der Waals surface area contributed by atoms with Crippen LogP contribution in [0.5, 0.6) is 0 Å². The fraction of sp³-hybridized carbons (Fsp3) is 0.833. The van der Waals surface area contributed by atoms with E-state index in [-0.39, 0.29) is 18.4 Å². The first kappa shape index (κ1) is 14.9. The molecule has 2 atom stereocenters. The van der Waals surface area contributed by atoms with E-state index in [1.54, 1.807) is 11.9 Å². The molecule has 0 aromatic heterocycles. The van der Waals surface area contributed by atoms with E-state index in [2.05, 4.69) is 0 Å². The fourth-order valence-electron chi connectivity index (χ4n) is 2.15. The maximum atomic E-state index is 12.1. The van der Waals surface area contributed by atoms with Gasteiger partial charge in [0.1, 0.15) is 0 Å². The quantitative estimate of drug-likeness (QED) is 0.723. The van der Waals surface area contributed by atoms with Gasteiger partial charge in [0.25, 0.3) is 0 Å². The van der Waals surface area contributed by atoms with Gasteiger partial charge in [-0.3, -0.25) is 14.5 Å². The van der Waals surface area contributed by atoms with E-state index in [0.29, 0.717) is 0 Å². The number of likely N-dealkylation sites (N-methyl/N-ethyl adjacent to an activating group) is 2. The Kier molecular flexibility index (Phi) is 5.10. The monoisotopic (exact) mass is 257 g/mol. The van der Waals surface area contributed by atoms with E-state index < -0.39 is 12.0 Å². The Labute approximate surface area is 108 Å². The first-order valence-corrected chi connectivity index (χ1v) is 6.20. The highest BCUT2D eigenvalue weighted by Gasteiger charge is 2.37. The van der Waals surface area contributed by atoms with Gasteiger partial charge in [-0.05, 0) is 21.0 Å². The van der Waals surface area contributed by atoms with Crippen LogP contribution in [-0.2, 0) is 9.59 Å². The van der Waals surface area contributed by atoms with Crippen LogP contribution in [0.4, 0.5) is 0 Å². The van der Waals surface area contributed by atoms with Gasteiger partial charge in [-0.1, -0.05) is 0 Å². The van der Waals surface area contributed by atoms with Crippen molar-refractivity contribution in [3.8, 4) is 0 Å². The molecule has 0 aliphatic carbocycles. The molecule has 1 fully saturated rings. The third-order valence-electron chi connectivity index (χ3n) is 3.44. The van der Waals surface area contributed by atoms with Crippen LogP contribution in [0, 0.1) is 0 Å². The second-order valence-corrected chi connectivity index (χ2v) is 5.21. The molecule has 18 heavy (non-hydrogen) atoms. The number of carbonyl (C=O) groups is 2. The first-order chi connectivity index (χ1) is 8.32. The van der Waals surface area contributed by atoms with Crippen LogP contribution in [0.2, 0.25) is 0 Å². The third kappa shape index (κ3) is 3.68. The van der Waals surface area contributed by atoms with Crippen LogP contribution in [0.3, 0.4) is 0 Å². The summed E-state index contributed by atoms with van der Waals surface area (Å²) in [7, 11) is 5.67. The summed E-state index contributed by atoms with van der Waals surface area (Å²) in [4.78, 5) is 28.7. The molecule has 0 aromatic rings. The molecule has 6 nitrogen and oxygen atoms in total. The Morgan fingerprint density at radius 1 is 1.50 bits per heavy atom. The highest BCUT2D eigenvalue weighted by molar-refractivity contribution is 5.86. The first-order valence-electron chi connectivity index (χ1n) is 6.20. The van der Waals surface area contributed by atoms with Gasteiger partial charge in [-0.15, -0.1) is 0 Å². The van der Waals surface area contributed by atoms with Gasteiger partial charge in [-0.2, -0.15) is 0 Å². The zero-order valence-corrected chi connectivity index (χ0v) is 11.6. The lowest BCUT2D eigenvalue weighted by Crippen LogP contribution is -2.60. The predicted molar refractivity (Wildman–Crippen MR) is 68.4 cm³/mol. The number of aliphatic carboxylic acids is 1. The molecule has 1 saturated heterocycles. The molecule has 6 heteroatoms. The number of carbonyl (C=O) groups excluding carboxylic acids is 1. The second kappa shape index (κ2) is 6.15. The highest BCUT2D eigenvalue weighted by atomic mass is 16.4. The van der Waals surface area contributed by atoms with E-state index in [1.165, 1.54) is 0 Å². The van der Waals surface area contributed by atoms with Gasteiger partial charge in [0.05, 0.1) is 12.5 Å². The van der Waals surface area contributed by atoms with Crippen molar-refractivity contribution in [2.45, 2.75) is 25.4 Å². The molecule has 1 amide bonds. The van der Waals surface area contributed by atoms with E-state index in [1.807, 2.05) is 30.8 Å². The predicted octanol–water partition coefficient (Wildman–Crippen LogP) is -0.446. The Morgan fingerprint density at radius 3 is 2.61 bits per heavy atom. The maximum Gasteiger partial charge on any atom is 0.305 e. The SMILES string of the molecule is CC1CN(CCN(C)C)C(CC(=O)O)C(=O)N1C. The van der Waals surface area contributed by atoms with Crippen molar-refractivity contribution in [1.82, 2.24) is 14.7 Å². The second-order valence-electron chi connectivity index (χ2n) is 5.21. The van der Waals surface area contributed by atoms with E-state index in [4.69, 9.17) is 5.11 Å². The van der Waals surface area contributed by atoms with Gasteiger partial charge in [-0.25, -0.2) is 0 Å². The molecule has 0 radical (unpaired) electrons. The standard InChI is InChI=1S/C12H23N3O3/c1-9-8-15(6-5-13(2)3)10(7-11(16)17)12(18)14(9)4/h9-10H,5-8H2,1-4H3,(H,16,17). The fourth-order valence-corrected chi connectivity index (χ4v) is 2.15.